The summed E-state index contributed by atoms with van der Waals surface area (Å²) in [4.78, 5) is 0. The van der Waals surface area contributed by atoms with Gasteiger partial charge >= 0.3 is 15.6 Å². The number of halogens is 3. The SMILES string of the molecule is C[C@]12CCCCC1CCC1C2CC[C@]2(C)C(OS(=O)(=O)C(F)(F)F)=CC[C@H]12. The van der Waals surface area contributed by atoms with Gasteiger partial charge < -0.3 is 4.18 Å². The maximum Gasteiger partial charge on any atom is 0.534 e. The van der Waals surface area contributed by atoms with Gasteiger partial charge in [0.05, 0.1) is 0 Å². The highest BCUT2D eigenvalue weighted by atomic mass is 32.2. The predicted molar refractivity (Wildman–Crippen MR) is 95.9 cm³/mol. The maximum absolute atomic E-state index is 12.8. The zero-order valence-electron chi connectivity index (χ0n) is 16.0. The van der Waals surface area contributed by atoms with Crippen molar-refractivity contribution in [3.8, 4) is 0 Å². The minimum Gasteiger partial charge on any atom is -0.380 e. The fraction of sp³-hybridized carbons (Fsp3) is 0.900. The molecule has 3 saturated carbocycles. The van der Waals surface area contributed by atoms with Gasteiger partial charge in [-0.05, 0) is 80.1 Å². The summed E-state index contributed by atoms with van der Waals surface area (Å²) in [5.74, 6) is 2.04. The van der Waals surface area contributed by atoms with E-state index in [2.05, 4.69) is 11.1 Å². The van der Waals surface area contributed by atoms with Crippen LogP contribution in [-0.4, -0.2) is 13.9 Å². The van der Waals surface area contributed by atoms with Crippen LogP contribution in [0, 0.1) is 34.5 Å². The summed E-state index contributed by atoms with van der Waals surface area (Å²) >= 11 is 0. The number of hydrogen-bond donors (Lipinski definition) is 0. The summed E-state index contributed by atoms with van der Waals surface area (Å²) in [5, 5.41) is 0. The van der Waals surface area contributed by atoms with E-state index in [1.54, 1.807) is 6.08 Å². The van der Waals surface area contributed by atoms with Gasteiger partial charge in [0.25, 0.3) is 0 Å². The fourth-order valence-corrected chi connectivity index (χ4v) is 7.71. The second-order valence-corrected chi connectivity index (χ2v) is 11.2. The zero-order valence-corrected chi connectivity index (χ0v) is 16.8. The first-order chi connectivity index (χ1) is 12.5. The summed E-state index contributed by atoms with van der Waals surface area (Å²) in [5.41, 5.74) is -5.64. The minimum atomic E-state index is -5.60. The number of hydrogen-bond acceptors (Lipinski definition) is 3. The van der Waals surface area contributed by atoms with E-state index in [0.29, 0.717) is 30.1 Å². The van der Waals surface area contributed by atoms with Crippen LogP contribution in [0.5, 0.6) is 0 Å². The van der Waals surface area contributed by atoms with Gasteiger partial charge in [0.1, 0.15) is 5.76 Å². The van der Waals surface area contributed by atoms with E-state index in [4.69, 9.17) is 0 Å². The lowest BCUT2D eigenvalue weighted by atomic mass is 9.45. The van der Waals surface area contributed by atoms with E-state index < -0.39 is 21.0 Å². The van der Waals surface area contributed by atoms with E-state index in [1.807, 2.05) is 6.92 Å². The molecule has 0 radical (unpaired) electrons. The van der Waals surface area contributed by atoms with Crippen LogP contribution in [0.1, 0.15) is 71.6 Å². The van der Waals surface area contributed by atoms with Crippen molar-refractivity contribution in [1.29, 1.82) is 0 Å². The Morgan fingerprint density at radius 1 is 1.04 bits per heavy atom. The zero-order chi connectivity index (χ0) is 19.7. The molecule has 4 aliphatic rings. The molecule has 0 aromatic heterocycles. The molecule has 4 aliphatic carbocycles. The molecule has 0 bridgehead atoms. The second-order valence-electron chi connectivity index (χ2n) is 9.65. The molecule has 7 heteroatoms. The smallest absolute Gasteiger partial charge is 0.380 e. The van der Waals surface area contributed by atoms with Gasteiger partial charge in [0, 0.05) is 5.41 Å². The van der Waals surface area contributed by atoms with Crippen LogP contribution in [0.3, 0.4) is 0 Å². The molecule has 6 atom stereocenters. The third-order valence-corrected chi connectivity index (χ3v) is 9.54. The predicted octanol–water partition coefficient (Wildman–Crippen LogP) is 5.78. The summed E-state index contributed by atoms with van der Waals surface area (Å²) in [7, 11) is -5.60. The lowest BCUT2D eigenvalue weighted by Crippen LogP contribution is -2.52. The van der Waals surface area contributed by atoms with Crippen LogP contribution in [0.25, 0.3) is 0 Å². The van der Waals surface area contributed by atoms with Crippen molar-refractivity contribution < 1.29 is 25.8 Å². The highest BCUT2D eigenvalue weighted by molar-refractivity contribution is 7.87. The molecular formula is C20H29F3O3S. The van der Waals surface area contributed by atoms with Crippen LogP contribution in [0.2, 0.25) is 0 Å². The van der Waals surface area contributed by atoms with E-state index >= 15 is 0 Å². The van der Waals surface area contributed by atoms with E-state index in [0.717, 1.165) is 18.8 Å². The quantitative estimate of drug-likeness (QED) is 0.431. The monoisotopic (exact) mass is 406 g/mol. The van der Waals surface area contributed by atoms with Gasteiger partial charge in [0.15, 0.2) is 0 Å². The average molecular weight is 407 g/mol. The summed E-state index contributed by atoms with van der Waals surface area (Å²) < 4.78 is 66.2. The van der Waals surface area contributed by atoms with E-state index in [9.17, 15) is 21.6 Å². The molecule has 0 aliphatic heterocycles. The highest BCUT2D eigenvalue weighted by Crippen LogP contribution is 2.66. The molecule has 27 heavy (non-hydrogen) atoms. The Bertz CT molecular complexity index is 744. The number of fused-ring (bicyclic) bond motifs is 5. The first kappa shape index (κ1) is 19.6. The Morgan fingerprint density at radius 3 is 2.48 bits per heavy atom. The third-order valence-electron chi connectivity index (χ3n) is 8.58. The molecule has 0 N–H and O–H groups in total. The molecule has 0 amide bonds. The van der Waals surface area contributed by atoms with E-state index in [1.165, 1.54) is 32.1 Å². The molecule has 0 heterocycles. The topological polar surface area (TPSA) is 43.4 Å². The third kappa shape index (κ3) is 2.85. The molecule has 3 unspecified atom stereocenters. The number of alkyl halides is 3. The fourth-order valence-electron chi connectivity index (χ4n) is 7.12. The van der Waals surface area contributed by atoms with Gasteiger partial charge in [-0.25, -0.2) is 0 Å². The molecule has 0 saturated heterocycles. The van der Waals surface area contributed by atoms with Crippen molar-refractivity contribution in [3.05, 3.63) is 11.8 Å². The lowest BCUT2D eigenvalue weighted by Gasteiger charge is -2.60. The lowest BCUT2D eigenvalue weighted by molar-refractivity contribution is -0.104. The van der Waals surface area contributed by atoms with E-state index in [-0.39, 0.29) is 11.7 Å². The normalized spacial score (nSPS) is 44.7. The van der Waals surface area contributed by atoms with Crippen LogP contribution in [0.4, 0.5) is 13.2 Å². The van der Waals surface area contributed by atoms with Crippen molar-refractivity contribution in [3.63, 3.8) is 0 Å². The van der Waals surface area contributed by atoms with Crippen LogP contribution < -0.4 is 0 Å². The van der Waals surface area contributed by atoms with Gasteiger partial charge in [-0.3, -0.25) is 0 Å². The molecule has 154 valence electrons. The first-order valence-electron chi connectivity index (χ1n) is 10.2. The van der Waals surface area contributed by atoms with Gasteiger partial charge in [-0.1, -0.05) is 26.7 Å². The Morgan fingerprint density at radius 2 is 1.78 bits per heavy atom. The van der Waals surface area contributed by atoms with Crippen LogP contribution in [-0.2, 0) is 14.3 Å². The second kappa shape index (κ2) is 6.14. The molecule has 0 aromatic rings. The van der Waals surface area contributed by atoms with Crippen LogP contribution in [0.15, 0.2) is 11.8 Å². The standard InChI is InChI=1S/C20H29F3O3S/c1-18-11-4-3-5-13(18)6-7-14-15-8-9-17(19(15,2)12-10-16(14)18)26-27(24,25)20(21,22)23/h9,13-16H,3-8,10-12H2,1-2H3/t13?,14?,15-,16?,18+,19+/m1/s1. The van der Waals surface area contributed by atoms with Crippen molar-refractivity contribution in [2.24, 2.45) is 34.5 Å². The Balaban J connectivity index is 1.58. The van der Waals surface area contributed by atoms with Crippen molar-refractivity contribution in [2.75, 3.05) is 0 Å². The van der Waals surface area contributed by atoms with Crippen LogP contribution >= 0.6 is 0 Å². The Hall–Kier alpha value is -0.720. The molecule has 4 rings (SSSR count). The van der Waals surface area contributed by atoms with Crippen molar-refractivity contribution >= 4 is 10.1 Å². The largest absolute Gasteiger partial charge is 0.534 e. The molecular weight excluding hydrogens is 377 g/mol. The highest BCUT2D eigenvalue weighted by Gasteiger charge is 2.60. The van der Waals surface area contributed by atoms with Gasteiger partial charge in [-0.15, -0.1) is 0 Å². The molecule has 0 spiro atoms. The van der Waals surface area contributed by atoms with Gasteiger partial charge in [0.2, 0.25) is 0 Å². The molecule has 3 fully saturated rings. The number of allylic oxidation sites excluding steroid dienone is 2. The minimum absolute atomic E-state index is 0.0270. The number of rotatable bonds is 2. The summed E-state index contributed by atoms with van der Waals surface area (Å²) in [6, 6.07) is 0. The van der Waals surface area contributed by atoms with Crippen molar-refractivity contribution in [1.82, 2.24) is 0 Å². The Labute approximate surface area is 159 Å². The summed E-state index contributed by atoms with van der Waals surface area (Å²) in [6.45, 7) is 4.35. The van der Waals surface area contributed by atoms with Crippen molar-refractivity contribution in [2.45, 2.75) is 77.1 Å². The first-order valence-corrected chi connectivity index (χ1v) is 11.6. The average Bonchev–Trinajstić information content (AvgIpc) is 2.89. The summed E-state index contributed by atoms with van der Waals surface area (Å²) in [6.07, 6.45) is 11.4. The Kier molecular flexibility index (Phi) is 4.45. The molecule has 0 aromatic carbocycles. The molecule has 3 nitrogen and oxygen atoms in total. The maximum atomic E-state index is 12.8. The van der Waals surface area contributed by atoms with Gasteiger partial charge in [-0.2, -0.15) is 21.6 Å².